The van der Waals surface area contributed by atoms with Crippen molar-refractivity contribution in [2.75, 3.05) is 13.1 Å². The van der Waals surface area contributed by atoms with Gasteiger partial charge < -0.3 is 5.11 Å². The van der Waals surface area contributed by atoms with E-state index in [1.165, 1.54) is 50.5 Å². The van der Waals surface area contributed by atoms with E-state index >= 15 is 0 Å². The summed E-state index contributed by atoms with van der Waals surface area (Å²) in [5.74, 6) is 1.39. The average molecular weight is 381 g/mol. The second kappa shape index (κ2) is 7.96. The Labute approximate surface area is 167 Å². The summed E-state index contributed by atoms with van der Waals surface area (Å²) >= 11 is 0. The van der Waals surface area contributed by atoms with Crippen molar-refractivity contribution in [2.45, 2.75) is 75.5 Å². The highest BCUT2D eigenvalue weighted by atomic mass is 16.3. The van der Waals surface area contributed by atoms with Crippen LogP contribution < -0.4 is 0 Å². The van der Waals surface area contributed by atoms with E-state index in [9.17, 15) is 5.11 Å². The first-order valence-corrected chi connectivity index (χ1v) is 11.2. The molecule has 3 aliphatic rings. The van der Waals surface area contributed by atoms with E-state index in [2.05, 4.69) is 51.7 Å². The number of hydrogen-bond acceptors (Lipinski definition) is 4. The fourth-order valence-electron chi connectivity index (χ4n) is 5.23. The summed E-state index contributed by atoms with van der Waals surface area (Å²) in [5.41, 5.74) is 2.43. The van der Waals surface area contributed by atoms with Crippen LogP contribution in [0.2, 0.25) is 0 Å². The molecule has 5 rings (SSSR count). The molecule has 1 aromatic carbocycles. The first-order valence-electron chi connectivity index (χ1n) is 11.2. The zero-order chi connectivity index (χ0) is 18.9. The molecular weight excluding hydrogens is 348 g/mol. The molecule has 5 nitrogen and oxygen atoms in total. The number of piperidine rings is 1. The van der Waals surface area contributed by atoms with E-state index in [1.807, 2.05) is 4.68 Å². The van der Waals surface area contributed by atoms with Gasteiger partial charge in [0.1, 0.15) is 0 Å². The molecule has 2 aromatic rings. The largest absolute Gasteiger partial charge is 0.391 e. The molecule has 0 radical (unpaired) electrons. The average Bonchev–Trinajstić information content (AvgIpc) is 3.48. The van der Waals surface area contributed by atoms with Gasteiger partial charge in [0.25, 0.3) is 0 Å². The van der Waals surface area contributed by atoms with Crippen LogP contribution in [0, 0.1) is 5.92 Å². The zero-order valence-corrected chi connectivity index (χ0v) is 16.7. The summed E-state index contributed by atoms with van der Waals surface area (Å²) in [6.45, 7) is 1.98. The van der Waals surface area contributed by atoms with Crippen molar-refractivity contribution in [2.24, 2.45) is 5.92 Å². The van der Waals surface area contributed by atoms with Gasteiger partial charge in [-0.1, -0.05) is 54.8 Å². The lowest BCUT2D eigenvalue weighted by atomic mass is 9.85. The van der Waals surface area contributed by atoms with E-state index in [0.717, 1.165) is 31.1 Å². The zero-order valence-electron chi connectivity index (χ0n) is 16.7. The predicted molar refractivity (Wildman–Crippen MR) is 109 cm³/mol. The summed E-state index contributed by atoms with van der Waals surface area (Å²) in [6, 6.07) is 11.0. The van der Waals surface area contributed by atoms with Crippen LogP contribution in [-0.4, -0.2) is 44.2 Å². The lowest BCUT2D eigenvalue weighted by Crippen LogP contribution is -2.47. The minimum Gasteiger partial charge on any atom is -0.391 e. The van der Waals surface area contributed by atoms with Gasteiger partial charge in [-0.15, -0.1) is 5.10 Å². The van der Waals surface area contributed by atoms with E-state index in [0.29, 0.717) is 12.0 Å². The molecule has 2 heterocycles. The van der Waals surface area contributed by atoms with Crippen LogP contribution in [0.25, 0.3) is 0 Å². The maximum Gasteiger partial charge on any atom is 0.0923 e. The highest BCUT2D eigenvalue weighted by Crippen LogP contribution is 2.40. The van der Waals surface area contributed by atoms with Gasteiger partial charge in [-0.25, -0.2) is 4.68 Å². The number of hydrogen-bond donors (Lipinski definition) is 1. The first kappa shape index (κ1) is 18.3. The summed E-state index contributed by atoms with van der Waals surface area (Å²) in [6.07, 6.45) is 11.8. The maximum absolute atomic E-state index is 11.0. The fourth-order valence-corrected chi connectivity index (χ4v) is 5.23. The van der Waals surface area contributed by atoms with Gasteiger partial charge in [-0.3, -0.25) is 4.90 Å². The summed E-state index contributed by atoms with van der Waals surface area (Å²) < 4.78 is 1.95. The van der Waals surface area contributed by atoms with Gasteiger partial charge in [0.2, 0.25) is 0 Å². The Bertz CT molecular complexity index is 766. The lowest BCUT2D eigenvalue weighted by molar-refractivity contribution is -0.0154. The number of likely N-dealkylation sites (tertiary alicyclic amines) is 1. The van der Waals surface area contributed by atoms with E-state index < -0.39 is 0 Å². The lowest BCUT2D eigenvalue weighted by Gasteiger charge is -2.44. The molecule has 0 unspecified atom stereocenters. The monoisotopic (exact) mass is 380 g/mol. The highest BCUT2D eigenvalue weighted by Gasteiger charge is 2.38. The number of aliphatic hydroxyl groups excluding tert-OH is 1. The van der Waals surface area contributed by atoms with Crippen molar-refractivity contribution in [3.8, 4) is 0 Å². The van der Waals surface area contributed by atoms with Gasteiger partial charge >= 0.3 is 0 Å². The number of nitrogens with zero attached hydrogens (tertiary/aromatic N) is 4. The summed E-state index contributed by atoms with van der Waals surface area (Å²) in [7, 11) is 0. The van der Waals surface area contributed by atoms with E-state index in [-0.39, 0.29) is 12.1 Å². The SMILES string of the molecule is O[C@H]1C[C@H](c2ccccc2)N(CC2CCCCC2)C[C@@H]1n1cc(C2CC2)nn1. The van der Waals surface area contributed by atoms with Gasteiger partial charge in [0.05, 0.1) is 17.8 Å². The molecule has 0 spiro atoms. The molecule has 0 bridgehead atoms. The Morgan fingerprint density at radius 1 is 1.00 bits per heavy atom. The molecule has 5 heteroatoms. The fraction of sp³-hybridized carbons (Fsp3) is 0.652. The molecule has 150 valence electrons. The molecule has 2 aliphatic carbocycles. The first-order chi connectivity index (χ1) is 13.8. The van der Waals surface area contributed by atoms with Crippen molar-refractivity contribution in [3.05, 3.63) is 47.8 Å². The smallest absolute Gasteiger partial charge is 0.0923 e. The molecule has 1 N–H and O–H groups in total. The van der Waals surface area contributed by atoms with Crippen LogP contribution in [0.3, 0.4) is 0 Å². The van der Waals surface area contributed by atoms with Gasteiger partial charge in [0.15, 0.2) is 0 Å². The van der Waals surface area contributed by atoms with Crippen LogP contribution in [0.4, 0.5) is 0 Å². The standard InChI is InChI=1S/C23H32N4O/c28-23-13-21(19-9-5-2-6-10-19)26(14-17-7-3-1-4-8-17)16-22(23)27-15-20(24-25-27)18-11-12-18/h2,5-6,9-10,15,17-18,21-23,28H,1,3-4,7-8,11-14,16H2/t21-,22+,23+/m1/s1. The van der Waals surface area contributed by atoms with Crippen molar-refractivity contribution < 1.29 is 5.11 Å². The molecule has 3 fully saturated rings. The van der Waals surface area contributed by atoms with E-state index in [1.54, 1.807) is 0 Å². The van der Waals surface area contributed by atoms with Crippen molar-refractivity contribution >= 4 is 0 Å². The maximum atomic E-state index is 11.0. The number of aromatic nitrogens is 3. The number of aliphatic hydroxyl groups is 1. The van der Waals surface area contributed by atoms with Gasteiger partial charge in [-0.05, 0) is 43.6 Å². The quantitative estimate of drug-likeness (QED) is 0.849. The predicted octanol–water partition coefficient (Wildman–Crippen LogP) is 4.08. The Kier molecular flexibility index (Phi) is 5.20. The highest BCUT2D eigenvalue weighted by molar-refractivity contribution is 5.20. The normalized spacial score (nSPS) is 29.8. The molecule has 0 amide bonds. The topological polar surface area (TPSA) is 54.2 Å². The minimum absolute atomic E-state index is 0.00329. The third-order valence-electron chi connectivity index (χ3n) is 7.04. The van der Waals surface area contributed by atoms with Crippen LogP contribution in [0.15, 0.2) is 36.5 Å². The Balaban J connectivity index is 1.37. The molecular formula is C23H32N4O. The molecule has 3 atom stereocenters. The van der Waals surface area contributed by atoms with Crippen LogP contribution in [0.1, 0.15) is 80.6 Å². The second-order valence-corrected chi connectivity index (χ2v) is 9.15. The third-order valence-corrected chi connectivity index (χ3v) is 7.04. The molecule has 28 heavy (non-hydrogen) atoms. The Morgan fingerprint density at radius 3 is 2.54 bits per heavy atom. The van der Waals surface area contributed by atoms with Crippen LogP contribution in [0.5, 0.6) is 0 Å². The number of rotatable bonds is 5. The summed E-state index contributed by atoms with van der Waals surface area (Å²) in [5, 5.41) is 19.8. The minimum atomic E-state index is -0.387. The van der Waals surface area contributed by atoms with Crippen molar-refractivity contribution in [1.82, 2.24) is 19.9 Å². The van der Waals surface area contributed by atoms with E-state index in [4.69, 9.17) is 0 Å². The van der Waals surface area contributed by atoms with Gasteiger partial charge in [-0.2, -0.15) is 0 Å². The third kappa shape index (κ3) is 3.87. The van der Waals surface area contributed by atoms with Crippen molar-refractivity contribution in [1.29, 1.82) is 0 Å². The Hall–Kier alpha value is -1.72. The molecule has 1 aromatic heterocycles. The Morgan fingerprint density at radius 2 is 1.79 bits per heavy atom. The van der Waals surface area contributed by atoms with Crippen LogP contribution in [-0.2, 0) is 0 Å². The number of benzene rings is 1. The summed E-state index contributed by atoms with van der Waals surface area (Å²) in [4.78, 5) is 2.63. The molecule has 1 aliphatic heterocycles. The molecule has 1 saturated heterocycles. The second-order valence-electron chi connectivity index (χ2n) is 9.15. The van der Waals surface area contributed by atoms with Gasteiger partial charge in [0, 0.05) is 31.2 Å². The van der Waals surface area contributed by atoms with Crippen LogP contribution >= 0.6 is 0 Å². The molecule has 2 saturated carbocycles. The van der Waals surface area contributed by atoms with Crippen molar-refractivity contribution in [3.63, 3.8) is 0 Å².